The molecule has 1 saturated heterocycles. The Hall–Kier alpha value is -2.27. The molecule has 9 nitrogen and oxygen atoms in total. The van der Waals surface area contributed by atoms with Gasteiger partial charge in [0, 0.05) is 18.0 Å². The number of carboxylic acid groups (broad SMARTS) is 1. The van der Waals surface area contributed by atoms with E-state index in [9.17, 15) is 25.2 Å². The van der Waals surface area contributed by atoms with Gasteiger partial charge in [-0.2, -0.15) is 0 Å². The Kier molecular flexibility index (Phi) is 7.82. The quantitative estimate of drug-likeness (QED) is 0.381. The number of carboxylic acids is 1. The van der Waals surface area contributed by atoms with Crippen molar-refractivity contribution in [3.63, 3.8) is 0 Å². The Labute approximate surface area is 180 Å². The first kappa shape index (κ1) is 23.4. The number of hydrogen-bond donors (Lipinski definition) is 5. The number of benzene rings is 2. The van der Waals surface area contributed by atoms with E-state index in [0.29, 0.717) is 12.3 Å². The van der Waals surface area contributed by atoms with Gasteiger partial charge in [0.2, 0.25) is 0 Å². The lowest BCUT2D eigenvalue weighted by molar-refractivity contribution is -0.305. The van der Waals surface area contributed by atoms with Crippen LogP contribution in [0.15, 0.2) is 42.5 Å². The first-order valence-electron chi connectivity index (χ1n) is 10.2. The number of aliphatic hydroxyl groups is 3. The second kappa shape index (κ2) is 10.4. The summed E-state index contributed by atoms with van der Waals surface area (Å²) in [6.07, 6.45) is -8.93. The lowest BCUT2D eigenvalue weighted by Gasteiger charge is -2.39. The van der Waals surface area contributed by atoms with E-state index in [1.807, 2.05) is 56.3 Å². The summed E-state index contributed by atoms with van der Waals surface area (Å²) in [5.41, 5.74) is 0. The van der Waals surface area contributed by atoms with Gasteiger partial charge in [0.15, 0.2) is 12.4 Å². The fraction of sp³-hybridized carbons (Fsp3) is 0.500. The third-order valence-electron chi connectivity index (χ3n) is 5.07. The highest BCUT2D eigenvalue weighted by Gasteiger charge is 2.48. The largest absolute Gasteiger partial charge is 0.490 e. The molecule has 6 atom stereocenters. The summed E-state index contributed by atoms with van der Waals surface area (Å²) in [5, 5.41) is 44.5. The van der Waals surface area contributed by atoms with E-state index in [2.05, 4.69) is 5.32 Å². The van der Waals surface area contributed by atoms with Gasteiger partial charge in [0.25, 0.3) is 0 Å². The van der Waals surface area contributed by atoms with Crippen LogP contribution in [0, 0.1) is 0 Å². The number of aliphatic hydroxyl groups excluding tert-OH is 3. The van der Waals surface area contributed by atoms with Crippen LogP contribution in [0.1, 0.15) is 13.8 Å². The van der Waals surface area contributed by atoms with E-state index < -0.39 is 42.8 Å². The standard InChI is InChI=1S/C22H29NO8/c1-12(2)23-10-14(11-29-16-9-5-7-13-6-3-4-8-15(13)16)30-22-19(26)17(24)18(25)20(31-22)21(27)28/h3-9,12,14,17-20,22-26H,10-11H2,1-2H3,(H,27,28)/t14-,17-,18-,19+,20-,22?/m0/s1. The van der Waals surface area contributed by atoms with Crippen LogP contribution >= 0.6 is 0 Å². The average Bonchev–Trinajstić information content (AvgIpc) is 2.75. The summed E-state index contributed by atoms with van der Waals surface area (Å²) < 4.78 is 17.0. The third kappa shape index (κ3) is 5.70. The highest BCUT2D eigenvalue weighted by molar-refractivity contribution is 5.88. The molecule has 9 heteroatoms. The average molecular weight is 435 g/mol. The first-order valence-corrected chi connectivity index (χ1v) is 10.2. The highest BCUT2D eigenvalue weighted by Crippen LogP contribution is 2.26. The van der Waals surface area contributed by atoms with Crippen LogP contribution < -0.4 is 10.1 Å². The number of carbonyl (C=O) groups is 1. The molecule has 3 rings (SSSR count). The fourth-order valence-electron chi connectivity index (χ4n) is 3.37. The summed E-state index contributed by atoms with van der Waals surface area (Å²) in [5.74, 6) is -0.809. The molecule has 0 amide bonds. The van der Waals surface area contributed by atoms with Crippen LogP contribution in [0.3, 0.4) is 0 Å². The summed E-state index contributed by atoms with van der Waals surface area (Å²) in [6, 6.07) is 13.6. The summed E-state index contributed by atoms with van der Waals surface area (Å²) in [6.45, 7) is 4.31. The summed E-state index contributed by atoms with van der Waals surface area (Å²) >= 11 is 0. The van der Waals surface area contributed by atoms with Crippen molar-refractivity contribution in [3.8, 4) is 5.75 Å². The lowest BCUT2D eigenvalue weighted by Crippen LogP contribution is -2.61. The molecule has 170 valence electrons. The topological polar surface area (TPSA) is 138 Å². The van der Waals surface area contributed by atoms with Gasteiger partial charge in [-0.1, -0.05) is 50.2 Å². The molecule has 2 aromatic carbocycles. The van der Waals surface area contributed by atoms with E-state index in [0.717, 1.165) is 10.8 Å². The number of fused-ring (bicyclic) bond motifs is 1. The monoisotopic (exact) mass is 435 g/mol. The minimum absolute atomic E-state index is 0.0801. The molecule has 0 saturated carbocycles. The minimum Gasteiger partial charge on any atom is -0.490 e. The van der Waals surface area contributed by atoms with Crippen molar-refractivity contribution in [1.82, 2.24) is 5.32 Å². The van der Waals surface area contributed by atoms with E-state index in [1.165, 1.54) is 0 Å². The van der Waals surface area contributed by atoms with E-state index >= 15 is 0 Å². The van der Waals surface area contributed by atoms with Crippen molar-refractivity contribution < 1.29 is 39.4 Å². The van der Waals surface area contributed by atoms with Crippen LogP contribution in [0.4, 0.5) is 0 Å². The van der Waals surface area contributed by atoms with Gasteiger partial charge in [-0.3, -0.25) is 0 Å². The number of rotatable bonds is 9. The van der Waals surface area contributed by atoms with Crippen LogP contribution in [0.2, 0.25) is 0 Å². The van der Waals surface area contributed by atoms with E-state index in [4.69, 9.17) is 14.2 Å². The van der Waals surface area contributed by atoms with Gasteiger partial charge in [0.05, 0.1) is 0 Å². The smallest absolute Gasteiger partial charge is 0.335 e. The predicted octanol–water partition coefficient (Wildman–Crippen LogP) is 0.494. The fourth-order valence-corrected chi connectivity index (χ4v) is 3.37. The molecule has 1 fully saturated rings. The van der Waals surface area contributed by atoms with Crippen LogP contribution in [-0.4, -0.2) is 82.4 Å². The highest BCUT2D eigenvalue weighted by atomic mass is 16.7. The van der Waals surface area contributed by atoms with Crippen LogP contribution in [0.25, 0.3) is 10.8 Å². The van der Waals surface area contributed by atoms with Gasteiger partial charge in [-0.15, -0.1) is 0 Å². The summed E-state index contributed by atoms with van der Waals surface area (Å²) in [4.78, 5) is 11.3. The zero-order valence-corrected chi connectivity index (χ0v) is 17.4. The van der Waals surface area contributed by atoms with Crippen molar-refractivity contribution >= 4 is 16.7 Å². The molecule has 31 heavy (non-hydrogen) atoms. The molecular formula is C22H29NO8. The Bertz CT molecular complexity index is 870. The minimum atomic E-state index is -1.77. The molecule has 0 spiro atoms. The molecule has 1 heterocycles. The Balaban J connectivity index is 1.73. The van der Waals surface area contributed by atoms with Gasteiger partial charge >= 0.3 is 5.97 Å². The zero-order chi connectivity index (χ0) is 22.5. The van der Waals surface area contributed by atoms with E-state index in [-0.39, 0.29) is 12.6 Å². The first-order chi connectivity index (χ1) is 14.8. The molecular weight excluding hydrogens is 406 g/mol. The maximum atomic E-state index is 11.3. The number of aliphatic carboxylic acids is 1. The van der Waals surface area contributed by atoms with Gasteiger partial charge in [-0.05, 0) is 11.5 Å². The Morgan fingerprint density at radius 3 is 2.48 bits per heavy atom. The molecule has 1 unspecified atom stereocenters. The molecule has 0 aliphatic carbocycles. The predicted molar refractivity (Wildman–Crippen MR) is 112 cm³/mol. The number of nitrogens with one attached hydrogen (secondary N) is 1. The van der Waals surface area contributed by atoms with Crippen molar-refractivity contribution in [2.24, 2.45) is 0 Å². The normalized spacial score (nSPS) is 27.4. The maximum Gasteiger partial charge on any atom is 0.335 e. The molecule has 0 aromatic heterocycles. The van der Waals surface area contributed by atoms with Crippen LogP contribution in [-0.2, 0) is 14.3 Å². The number of hydrogen-bond acceptors (Lipinski definition) is 8. The van der Waals surface area contributed by atoms with E-state index in [1.54, 1.807) is 0 Å². The van der Waals surface area contributed by atoms with Gasteiger partial charge < -0.3 is 40.0 Å². The maximum absolute atomic E-state index is 11.3. The molecule has 1 aliphatic rings. The zero-order valence-electron chi connectivity index (χ0n) is 17.4. The van der Waals surface area contributed by atoms with Gasteiger partial charge in [-0.25, -0.2) is 4.79 Å². The summed E-state index contributed by atoms with van der Waals surface area (Å²) in [7, 11) is 0. The van der Waals surface area contributed by atoms with Crippen molar-refractivity contribution in [1.29, 1.82) is 0 Å². The number of ether oxygens (including phenoxy) is 3. The molecule has 2 aromatic rings. The SMILES string of the molecule is CC(C)NC[C@@H](COc1cccc2ccccc12)OC1O[C@H](C(=O)O)[C@@H](O)[C@H](O)[C@H]1O. The van der Waals surface area contributed by atoms with Gasteiger partial charge in [0.1, 0.15) is 36.8 Å². The van der Waals surface area contributed by atoms with Crippen molar-refractivity contribution in [2.45, 2.75) is 56.7 Å². The van der Waals surface area contributed by atoms with Crippen molar-refractivity contribution in [2.75, 3.05) is 13.2 Å². The molecule has 5 N–H and O–H groups in total. The molecule has 1 aliphatic heterocycles. The third-order valence-corrected chi connectivity index (χ3v) is 5.07. The Morgan fingerprint density at radius 2 is 1.77 bits per heavy atom. The molecule has 0 bridgehead atoms. The molecule has 0 radical (unpaired) electrons. The second-order valence-electron chi connectivity index (χ2n) is 7.84. The van der Waals surface area contributed by atoms with Crippen LogP contribution in [0.5, 0.6) is 5.75 Å². The second-order valence-corrected chi connectivity index (χ2v) is 7.84. The Morgan fingerprint density at radius 1 is 1.06 bits per heavy atom. The van der Waals surface area contributed by atoms with Crippen molar-refractivity contribution in [3.05, 3.63) is 42.5 Å². The lowest BCUT2D eigenvalue weighted by atomic mass is 9.99.